The number of ether oxygens (including phenoxy) is 2. The van der Waals surface area contributed by atoms with Crippen molar-refractivity contribution in [2.75, 3.05) is 13.2 Å². The fraction of sp³-hybridized carbons (Fsp3) is 0.500. The molecule has 0 aromatic heterocycles. The van der Waals surface area contributed by atoms with Gasteiger partial charge in [0.1, 0.15) is 13.2 Å². The molecular formula is C24H36O4. The molecule has 0 aromatic rings. The number of esters is 2. The molecule has 0 unspecified atom stereocenters. The van der Waals surface area contributed by atoms with Crippen molar-refractivity contribution in [3.63, 3.8) is 0 Å². The van der Waals surface area contributed by atoms with Gasteiger partial charge in [0.2, 0.25) is 0 Å². The fourth-order valence-corrected chi connectivity index (χ4v) is 2.15. The molecule has 0 rings (SSSR count). The summed E-state index contributed by atoms with van der Waals surface area (Å²) in [6.07, 6.45) is 14.1. The first kappa shape index (κ1) is 25.6. The number of hydrogen-bond donors (Lipinski definition) is 0. The lowest BCUT2D eigenvalue weighted by atomic mass is 10.1. The Morgan fingerprint density at radius 2 is 0.964 bits per heavy atom. The van der Waals surface area contributed by atoms with Crippen LogP contribution in [-0.2, 0) is 19.1 Å². The van der Waals surface area contributed by atoms with Crippen molar-refractivity contribution in [3.8, 4) is 0 Å². The predicted molar refractivity (Wildman–Crippen MR) is 116 cm³/mol. The molecule has 0 N–H and O–H groups in total. The molecule has 0 fully saturated rings. The maximum absolute atomic E-state index is 11.6. The largest absolute Gasteiger partial charge is 0.458 e. The summed E-state index contributed by atoms with van der Waals surface area (Å²) in [5.41, 5.74) is 4.93. The van der Waals surface area contributed by atoms with E-state index < -0.39 is 11.9 Å². The zero-order valence-corrected chi connectivity index (χ0v) is 18.3. The number of allylic oxidation sites excluding steroid dienone is 6. The van der Waals surface area contributed by atoms with Crippen LogP contribution in [0.25, 0.3) is 0 Å². The minimum Gasteiger partial charge on any atom is -0.458 e. The van der Waals surface area contributed by atoms with Gasteiger partial charge >= 0.3 is 11.9 Å². The zero-order chi connectivity index (χ0) is 21.4. The Labute approximate surface area is 170 Å². The highest BCUT2D eigenvalue weighted by Gasteiger charge is 2.00. The van der Waals surface area contributed by atoms with Crippen LogP contribution in [0.1, 0.15) is 67.2 Å². The second-order valence-corrected chi connectivity index (χ2v) is 7.33. The lowest BCUT2D eigenvalue weighted by Gasteiger charge is -2.02. The molecule has 28 heavy (non-hydrogen) atoms. The Hall–Kier alpha value is -2.36. The normalized spacial score (nSPS) is 11.9. The summed E-state index contributed by atoms with van der Waals surface area (Å²) in [7, 11) is 0. The molecule has 0 aliphatic rings. The highest BCUT2D eigenvalue weighted by molar-refractivity contribution is 5.91. The lowest BCUT2D eigenvalue weighted by Crippen LogP contribution is -2.05. The standard InChI is InChI=1S/C24H36O4/c1-19(2)9-7-11-21(5)15-17-27-23(25)13-14-24(26)28-18-16-22(6)12-8-10-20(3)4/h9-10,13-16H,7-8,11-12,17-18H2,1-6H3/b14-13+,21-15+,22-16+. The van der Waals surface area contributed by atoms with E-state index in [0.29, 0.717) is 0 Å². The van der Waals surface area contributed by atoms with Gasteiger partial charge in [0, 0.05) is 12.2 Å². The van der Waals surface area contributed by atoms with Crippen LogP contribution in [0.4, 0.5) is 0 Å². The predicted octanol–water partition coefficient (Wildman–Crippen LogP) is 6.01. The summed E-state index contributed by atoms with van der Waals surface area (Å²) in [5, 5.41) is 0. The van der Waals surface area contributed by atoms with E-state index in [-0.39, 0.29) is 13.2 Å². The summed E-state index contributed by atoms with van der Waals surface area (Å²) in [6, 6.07) is 0. The monoisotopic (exact) mass is 388 g/mol. The van der Waals surface area contributed by atoms with E-state index in [1.807, 2.05) is 26.0 Å². The van der Waals surface area contributed by atoms with Crippen molar-refractivity contribution < 1.29 is 19.1 Å². The van der Waals surface area contributed by atoms with E-state index in [0.717, 1.165) is 37.8 Å². The van der Waals surface area contributed by atoms with E-state index in [1.54, 1.807) is 0 Å². The molecule has 0 radical (unpaired) electrons. The van der Waals surface area contributed by atoms with E-state index in [9.17, 15) is 9.59 Å². The molecule has 0 bridgehead atoms. The molecule has 0 aromatic carbocycles. The van der Waals surface area contributed by atoms with Crippen LogP contribution in [0.2, 0.25) is 0 Å². The van der Waals surface area contributed by atoms with Crippen LogP contribution in [0.5, 0.6) is 0 Å². The summed E-state index contributed by atoms with van der Waals surface area (Å²) >= 11 is 0. The third kappa shape index (κ3) is 17.1. The van der Waals surface area contributed by atoms with Gasteiger partial charge in [0.05, 0.1) is 0 Å². The van der Waals surface area contributed by atoms with Crippen LogP contribution < -0.4 is 0 Å². The number of carbonyl (C=O) groups excluding carboxylic acids is 2. The van der Waals surface area contributed by atoms with E-state index >= 15 is 0 Å². The van der Waals surface area contributed by atoms with Crippen molar-refractivity contribution >= 4 is 11.9 Å². The van der Waals surface area contributed by atoms with Gasteiger partial charge in [-0.25, -0.2) is 9.59 Å². The highest BCUT2D eigenvalue weighted by Crippen LogP contribution is 2.07. The molecule has 4 heteroatoms. The van der Waals surface area contributed by atoms with E-state index in [4.69, 9.17) is 9.47 Å². The maximum Gasteiger partial charge on any atom is 0.331 e. The van der Waals surface area contributed by atoms with Crippen molar-refractivity contribution in [2.24, 2.45) is 0 Å². The minimum atomic E-state index is -0.557. The maximum atomic E-state index is 11.6. The quantitative estimate of drug-likeness (QED) is 0.233. The molecule has 156 valence electrons. The first-order valence-corrected chi connectivity index (χ1v) is 9.80. The van der Waals surface area contributed by atoms with Crippen molar-refractivity contribution in [2.45, 2.75) is 67.2 Å². The molecule has 0 amide bonds. The summed E-state index contributed by atoms with van der Waals surface area (Å²) in [4.78, 5) is 23.2. The topological polar surface area (TPSA) is 52.6 Å². The first-order valence-electron chi connectivity index (χ1n) is 9.80. The van der Waals surface area contributed by atoms with Crippen molar-refractivity contribution in [3.05, 3.63) is 58.7 Å². The zero-order valence-electron chi connectivity index (χ0n) is 18.3. The molecule has 0 saturated carbocycles. The first-order chi connectivity index (χ1) is 13.2. The second kappa shape index (κ2) is 15.7. The van der Waals surface area contributed by atoms with Gasteiger partial charge < -0.3 is 9.47 Å². The van der Waals surface area contributed by atoms with E-state index in [2.05, 4.69) is 39.8 Å². The molecule has 0 atom stereocenters. The molecule has 0 heterocycles. The van der Waals surface area contributed by atoms with Crippen LogP contribution in [0.15, 0.2) is 58.7 Å². The van der Waals surface area contributed by atoms with E-state index in [1.165, 1.54) is 22.3 Å². The van der Waals surface area contributed by atoms with Gasteiger partial charge in [-0.05, 0) is 79.4 Å². The number of carbonyl (C=O) groups is 2. The number of hydrogen-bond acceptors (Lipinski definition) is 4. The average Bonchev–Trinajstić information content (AvgIpc) is 2.59. The average molecular weight is 389 g/mol. The smallest absolute Gasteiger partial charge is 0.331 e. The van der Waals surface area contributed by atoms with Crippen molar-refractivity contribution in [1.82, 2.24) is 0 Å². The SMILES string of the molecule is CC(C)=CCC/C(C)=C/COC(=O)/C=C/C(=O)OC/C=C(\C)CCC=C(C)C. The molecule has 0 aliphatic carbocycles. The van der Waals surface area contributed by atoms with Gasteiger partial charge in [0.15, 0.2) is 0 Å². The summed E-state index contributed by atoms with van der Waals surface area (Å²) in [6.45, 7) is 12.7. The Morgan fingerprint density at radius 3 is 1.29 bits per heavy atom. The van der Waals surface area contributed by atoms with Gasteiger partial charge in [-0.15, -0.1) is 0 Å². The summed E-state index contributed by atoms with van der Waals surface area (Å²) in [5.74, 6) is -1.11. The fourth-order valence-electron chi connectivity index (χ4n) is 2.15. The van der Waals surface area contributed by atoms with Gasteiger partial charge in [-0.3, -0.25) is 0 Å². The van der Waals surface area contributed by atoms with Crippen LogP contribution in [-0.4, -0.2) is 25.2 Å². The third-order valence-electron chi connectivity index (χ3n) is 3.85. The minimum absolute atomic E-state index is 0.201. The summed E-state index contributed by atoms with van der Waals surface area (Å²) < 4.78 is 10.1. The van der Waals surface area contributed by atoms with Crippen molar-refractivity contribution in [1.29, 1.82) is 0 Å². The Bertz CT molecular complexity index is 582. The van der Waals surface area contributed by atoms with Gasteiger partial charge in [0.25, 0.3) is 0 Å². The lowest BCUT2D eigenvalue weighted by molar-refractivity contribution is -0.139. The molecule has 0 aliphatic heterocycles. The number of rotatable bonds is 12. The Kier molecular flexibility index (Phi) is 14.4. The second-order valence-electron chi connectivity index (χ2n) is 7.33. The third-order valence-corrected chi connectivity index (χ3v) is 3.85. The Morgan fingerprint density at radius 1 is 0.607 bits per heavy atom. The van der Waals surface area contributed by atoms with Gasteiger partial charge in [-0.2, -0.15) is 0 Å². The molecular weight excluding hydrogens is 352 g/mol. The van der Waals surface area contributed by atoms with Crippen LogP contribution in [0, 0.1) is 0 Å². The van der Waals surface area contributed by atoms with Crippen LogP contribution >= 0.6 is 0 Å². The molecule has 0 spiro atoms. The Balaban J connectivity index is 4.08. The van der Waals surface area contributed by atoms with Crippen LogP contribution in [0.3, 0.4) is 0 Å². The molecule has 0 saturated heterocycles. The van der Waals surface area contributed by atoms with Gasteiger partial charge in [-0.1, -0.05) is 34.4 Å². The highest BCUT2D eigenvalue weighted by atomic mass is 16.5. The molecule has 4 nitrogen and oxygen atoms in total.